The predicted octanol–water partition coefficient (Wildman–Crippen LogP) is 1.55. The second-order valence-corrected chi connectivity index (χ2v) is 6.35. The Morgan fingerprint density at radius 2 is 2.00 bits per heavy atom. The Labute approximate surface area is 151 Å². The molecule has 0 bridgehead atoms. The molecule has 0 unspecified atom stereocenters. The molecule has 1 aromatic carbocycles. The van der Waals surface area contributed by atoms with Gasteiger partial charge in [0, 0.05) is 36.2 Å². The molecule has 0 spiro atoms. The van der Waals surface area contributed by atoms with Gasteiger partial charge in [0.1, 0.15) is 12.7 Å². The van der Waals surface area contributed by atoms with E-state index in [1.165, 1.54) is 11.1 Å². The molecule has 0 saturated carbocycles. The van der Waals surface area contributed by atoms with Crippen LogP contribution in [0.4, 0.5) is 0 Å². The molecule has 7 nitrogen and oxygen atoms in total. The second-order valence-electron chi connectivity index (χ2n) is 6.35. The number of hydrogen-bond acceptors (Lipinski definition) is 5. The summed E-state index contributed by atoms with van der Waals surface area (Å²) in [6.45, 7) is 4.29. The molecular formula is C19H20N6O. The molecule has 3 heterocycles. The van der Waals surface area contributed by atoms with Gasteiger partial charge in [0.25, 0.3) is 5.91 Å². The van der Waals surface area contributed by atoms with Crippen molar-refractivity contribution in [1.29, 1.82) is 0 Å². The standard InChI is InChI=1S/C19H20N6O/c1-13-18(17-6-7-20-8-15(17)9-21-13)10-22-19(26)14-2-4-16(5-3-14)25-11-23-24-12-25/h2-5,9,11-12,20H,6-8,10H2,1H3,(H,22,26). The maximum absolute atomic E-state index is 12.5. The molecule has 7 heteroatoms. The van der Waals surface area contributed by atoms with Crippen molar-refractivity contribution < 1.29 is 4.79 Å². The number of aromatic nitrogens is 4. The molecule has 132 valence electrons. The molecule has 0 atom stereocenters. The van der Waals surface area contributed by atoms with E-state index in [2.05, 4.69) is 25.8 Å². The van der Waals surface area contributed by atoms with Gasteiger partial charge in [-0.15, -0.1) is 10.2 Å². The highest BCUT2D eigenvalue weighted by atomic mass is 16.1. The maximum Gasteiger partial charge on any atom is 0.251 e. The first-order valence-corrected chi connectivity index (χ1v) is 8.62. The van der Waals surface area contributed by atoms with Crippen molar-refractivity contribution in [3.05, 3.63) is 71.1 Å². The Balaban J connectivity index is 1.48. The molecule has 0 aliphatic carbocycles. The minimum atomic E-state index is -0.0914. The van der Waals surface area contributed by atoms with E-state index in [-0.39, 0.29) is 5.91 Å². The largest absolute Gasteiger partial charge is 0.348 e. The molecule has 0 saturated heterocycles. The van der Waals surface area contributed by atoms with Gasteiger partial charge in [-0.1, -0.05) is 0 Å². The smallest absolute Gasteiger partial charge is 0.251 e. The van der Waals surface area contributed by atoms with Gasteiger partial charge >= 0.3 is 0 Å². The van der Waals surface area contributed by atoms with Crippen molar-refractivity contribution in [1.82, 2.24) is 30.4 Å². The van der Waals surface area contributed by atoms with Crippen LogP contribution in [0.15, 0.2) is 43.1 Å². The van der Waals surface area contributed by atoms with Crippen LogP contribution in [-0.2, 0) is 19.5 Å². The summed E-state index contributed by atoms with van der Waals surface area (Å²) < 4.78 is 1.79. The molecule has 1 aliphatic heterocycles. The molecule has 3 aromatic rings. The highest BCUT2D eigenvalue weighted by molar-refractivity contribution is 5.94. The van der Waals surface area contributed by atoms with Gasteiger partial charge in [-0.2, -0.15) is 0 Å². The summed E-state index contributed by atoms with van der Waals surface area (Å²) >= 11 is 0. The third-order valence-electron chi connectivity index (χ3n) is 4.74. The van der Waals surface area contributed by atoms with Crippen LogP contribution < -0.4 is 10.6 Å². The molecule has 1 amide bonds. The van der Waals surface area contributed by atoms with Gasteiger partial charge in [0.15, 0.2) is 0 Å². The number of rotatable bonds is 4. The summed E-state index contributed by atoms with van der Waals surface area (Å²) in [5, 5.41) is 14.0. The first kappa shape index (κ1) is 16.4. The van der Waals surface area contributed by atoms with Gasteiger partial charge in [-0.05, 0) is 60.8 Å². The van der Waals surface area contributed by atoms with Gasteiger partial charge in [0.2, 0.25) is 0 Å². The molecule has 2 N–H and O–H groups in total. The van der Waals surface area contributed by atoms with Crippen molar-refractivity contribution in [3.8, 4) is 5.69 Å². The monoisotopic (exact) mass is 348 g/mol. The number of nitrogens with zero attached hydrogens (tertiary/aromatic N) is 4. The fourth-order valence-electron chi connectivity index (χ4n) is 3.27. The fraction of sp³-hybridized carbons (Fsp3) is 0.263. The van der Waals surface area contributed by atoms with E-state index in [9.17, 15) is 4.79 Å². The Morgan fingerprint density at radius 3 is 2.77 bits per heavy atom. The number of pyridine rings is 1. The van der Waals surface area contributed by atoms with E-state index in [0.717, 1.165) is 36.5 Å². The third-order valence-corrected chi connectivity index (χ3v) is 4.74. The van der Waals surface area contributed by atoms with Gasteiger partial charge in [-0.3, -0.25) is 14.3 Å². The summed E-state index contributed by atoms with van der Waals surface area (Å²) in [5.74, 6) is -0.0914. The van der Waals surface area contributed by atoms with E-state index < -0.39 is 0 Å². The van der Waals surface area contributed by atoms with Crippen LogP contribution in [0.3, 0.4) is 0 Å². The van der Waals surface area contributed by atoms with E-state index in [1.807, 2.05) is 25.3 Å². The van der Waals surface area contributed by atoms with Crippen LogP contribution in [0.1, 0.15) is 32.7 Å². The zero-order chi connectivity index (χ0) is 17.9. The minimum Gasteiger partial charge on any atom is -0.348 e. The van der Waals surface area contributed by atoms with Gasteiger partial charge in [0.05, 0.1) is 0 Å². The number of nitrogens with one attached hydrogen (secondary N) is 2. The number of hydrogen-bond donors (Lipinski definition) is 2. The lowest BCUT2D eigenvalue weighted by Crippen LogP contribution is -2.28. The minimum absolute atomic E-state index is 0.0914. The SMILES string of the molecule is Cc1ncc2c(c1CNC(=O)c1ccc(-n3cnnc3)cc1)CCNC2. The van der Waals surface area contributed by atoms with Crippen molar-refractivity contribution in [3.63, 3.8) is 0 Å². The lowest BCUT2D eigenvalue weighted by molar-refractivity contribution is 0.0950. The topological polar surface area (TPSA) is 84.7 Å². The lowest BCUT2D eigenvalue weighted by Gasteiger charge is -2.21. The fourth-order valence-corrected chi connectivity index (χ4v) is 3.27. The van der Waals surface area contributed by atoms with Crippen molar-refractivity contribution >= 4 is 5.91 Å². The molecule has 2 aromatic heterocycles. The zero-order valence-corrected chi connectivity index (χ0v) is 14.6. The molecule has 0 fully saturated rings. The van der Waals surface area contributed by atoms with Crippen molar-refractivity contribution in [2.24, 2.45) is 0 Å². The lowest BCUT2D eigenvalue weighted by atomic mass is 9.96. The van der Waals surface area contributed by atoms with Gasteiger partial charge < -0.3 is 10.6 Å². The molecule has 1 aliphatic rings. The van der Waals surface area contributed by atoms with Crippen LogP contribution in [0.2, 0.25) is 0 Å². The van der Waals surface area contributed by atoms with Crippen LogP contribution in [-0.4, -0.2) is 32.2 Å². The van der Waals surface area contributed by atoms with Crippen molar-refractivity contribution in [2.45, 2.75) is 26.4 Å². The number of benzene rings is 1. The Hall–Kier alpha value is -3.06. The molecule has 4 rings (SSSR count). The van der Waals surface area contributed by atoms with E-state index in [1.54, 1.807) is 29.4 Å². The van der Waals surface area contributed by atoms with Crippen molar-refractivity contribution in [2.75, 3.05) is 6.54 Å². The Bertz CT molecular complexity index is 918. The number of carbonyl (C=O) groups excluding carboxylic acids is 1. The third kappa shape index (κ3) is 3.21. The summed E-state index contributed by atoms with van der Waals surface area (Å²) in [7, 11) is 0. The molecular weight excluding hydrogens is 328 g/mol. The second kappa shape index (κ2) is 7.05. The Morgan fingerprint density at radius 1 is 1.23 bits per heavy atom. The number of aryl methyl sites for hydroxylation is 1. The molecule has 26 heavy (non-hydrogen) atoms. The molecule has 0 radical (unpaired) electrons. The summed E-state index contributed by atoms with van der Waals surface area (Å²) in [5.41, 5.74) is 6.20. The highest BCUT2D eigenvalue weighted by Crippen LogP contribution is 2.20. The zero-order valence-electron chi connectivity index (χ0n) is 14.6. The average molecular weight is 348 g/mol. The first-order chi connectivity index (χ1) is 12.7. The number of carbonyl (C=O) groups is 1. The summed E-state index contributed by atoms with van der Waals surface area (Å²) in [6, 6.07) is 7.36. The highest BCUT2D eigenvalue weighted by Gasteiger charge is 2.16. The summed E-state index contributed by atoms with van der Waals surface area (Å²) in [6.07, 6.45) is 6.15. The number of fused-ring (bicyclic) bond motifs is 1. The first-order valence-electron chi connectivity index (χ1n) is 8.62. The van der Waals surface area contributed by atoms with Crippen LogP contribution >= 0.6 is 0 Å². The average Bonchev–Trinajstić information content (AvgIpc) is 3.22. The summed E-state index contributed by atoms with van der Waals surface area (Å²) in [4.78, 5) is 17.0. The van der Waals surface area contributed by atoms with E-state index in [4.69, 9.17) is 0 Å². The normalized spacial score (nSPS) is 13.3. The number of amides is 1. The van der Waals surface area contributed by atoms with Crippen LogP contribution in [0.25, 0.3) is 5.69 Å². The van der Waals surface area contributed by atoms with E-state index in [0.29, 0.717) is 12.1 Å². The van der Waals surface area contributed by atoms with Gasteiger partial charge in [-0.25, -0.2) is 0 Å². The van der Waals surface area contributed by atoms with Crippen LogP contribution in [0, 0.1) is 6.92 Å². The predicted molar refractivity (Wildman–Crippen MR) is 96.9 cm³/mol. The maximum atomic E-state index is 12.5. The van der Waals surface area contributed by atoms with Crippen LogP contribution in [0.5, 0.6) is 0 Å². The van der Waals surface area contributed by atoms with E-state index >= 15 is 0 Å². The quantitative estimate of drug-likeness (QED) is 0.747. The Kier molecular flexibility index (Phi) is 4.45.